The molecule has 0 aliphatic rings. The summed E-state index contributed by atoms with van der Waals surface area (Å²) in [5, 5.41) is 12.0. The van der Waals surface area contributed by atoms with Gasteiger partial charge in [-0.3, -0.25) is 4.79 Å². The van der Waals surface area contributed by atoms with E-state index in [1.807, 2.05) is 0 Å². The average molecular weight is 184 g/mol. The molecule has 0 atom stereocenters. The number of aliphatic carboxylic acids is 1. The van der Waals surface area contributed by atoms with Crippen LogP contribution in [0.5, 0.6) is 0 Å². The van der Waals surface area contributed by atoms with E-state index < -0.39 is 12.0 Å². The number of amides is 1. The van der Waals surface area contributed by atoms with Crippen molar-refractivity contribution in [1.82, 2.24) is 9.78 Å². The number of carboxylic acids is 1. The molecule has 0 spiro atoms. The maximum Gasteiger partial charge on any atom is 0.341 e. The Kier molecular flexibility index (Phi) is 2.18. The van der Waals surface area contributed by atoms with Crippen molar-refractivity contribution in [2.45, 2.75) is 6.42 Å². The molecule has 7 heteroatoms. The second kappa shape index (κ2) is 3.13. The summed E-state index contributed by atoms with van der Waals surface area (Å²) in [6.45, 7) is 0. The Hall–Kier alpha value is -2.05. The number of carbonyl (C=O) groups excluding carboxylic acids is 1. The van der Waals surface area contributed by atoms with Crippen LogP contribution in [0.3, 0.4) is 0 Å². The maximum absolute atomic E-state index is 10.6. The molecule has 0 saturated carbocycles. The molecule has 0 fully saturated rings. The van der Waals surface area contributed by atoms with E-state index in [1.165, 1.54) is 6.20 Å². The van der Waals surface area contributed by atoms with Crippen molar-refractivity contribution in [3.05, 3.63) is 11.8 Å². The molecule has 0 aromatic carbocycles. The molecular weight excluding hydrogens is 176 g/mol. The minimum atomic E-state index is -1.05. The van der Waals surface area contributed by atoms with Crippen molar-refractivity contribution in [2.75, 3.05) is 5.73 Å². The molecule has 7 nitrogen and oxygen atoms in total. The van der Waals surface area contributed by atoms with Crippen LogP contribution in [0, 0.1) is 0 Å². The van der Waals surface area contributed by atoms with Gasteiger partial charge in [-0.05, 0) is 0 Å². The Morgan fingerprint density at radius 1 is 1.62 bits per heavy atom. The Morgan fingerprint density at radius 3 is 2.62 bits per heavy atom. The zero-order chi connectivity index (χ0) is 10.0. The van der Waals surface area contributed by atoms with Crippen molar-refractivity contribution < 1.29 is 14.7 Å². The van der Waals surface area contributed by atoms with Crippen LogP contribution in [0.25, 0.3) is 0 Å². The Labute approximate surface area is 72.9 Å². The molecule has 5 N–H and O–H groups in total. The molecule has 0 bridgehead atoms. The van der Waals surface area contributed by atoms with Crippen molar-refractivity contribution >= 4 is 17.8 Å². The summed E-state index contributed by atoms with van der Waals surface area (Å²) < 4.78 is 0.748. The Bertz CT molecular complexity index is 357. The van der Waals surface area contributed by atoms with Gasteiger partial charge < -0.3 is 16.6 Å². The molecule has 0 aliphatic carbocycles. The van der Waals surface area contributed by atoms with Gasteiger partial charge in [0.25, 0.3) is 0 Å². The van der Waals surface area contributed by atoms with Crippen LogP contribution in [-0.2, 0) is 11.2 Å². The first-order valence-corrected chi connectivity index (χ1v) is 3.36. The van der Waals surface area contributed by atoms with Gasteiger partial charge in [-0.2, -0.15) is 9.78 Å². The van der Waals surface area contributed by atoms with E-state index in [2.05, 4.69) is 5.10 Å². The van der Waals surface area contributed by atoms with Gasteiger partial charge in [0, 0.05) is 5.56 Å². The smallest absolute Gasteiger partial charge is 0.341 e. The normalized spacial score (nSPS) is 9.85. The van der Waals surface area contributed by atoms with Gasteiger partial charge in [-0.15, -0.1) is 0 Å². The molecule has 0 unspecified atom stereocenters. The van der Waals surface area contributed by atoms with E-state index in [1.54, 1.807) is 0 Å². The quantitative estimate of drug-likeness (QED) is 0.544. The molecule has 0 aliphatic heterocycles. The number of carbonyl (C=O) groups is 2. The third-order valence-corrected chi connectivity index (χ3v) is 1.44. The molecule has 70 valence electrons. The molecule has 0 saturated heterocycles. The molecule has 1 aromatic rings. The first kappa shape index (κ1) is 9.04. The second-order valence-electron chi connectivity index (χ2n) is 2.38. The summed E-state index contributed by atoms with van der Waals surface area (Å²) in [7, 11) is 0. The monoisotopic (exact) mass is 184 g/mol. The number of nitrogens with two attached hydrogens (primary N) is 2. The van der Waals surface area contributed by atoms with Gasteiger partial charge in [0.15, 0.2) is 0 Å². The summed E-state index contributed by atoms with van der Waals surface area (Å²) >= 11 is 0. The van der Waals surface area contributed by atoms with Gasteiger partial charge in [-0.1, -0.05) is 0 Å². The number of aromatic nitrogens is 2. The summed E-state index contributed by atoms with van der Waals surface area (Å²) in [5.74, 6) is -1.08. The van der Waals surface area contributed by atoms with E-state index in [0.29, 0.717) is 0 Å². The third-order valence-electron chi connectivity index (χ3n) is 1.44. The summed E-state index contributed by atoms with van der Waals surface area (Å²) in [6, 6.07) is -0.839. The highest BCUT2D eigenvalue weighted by Crippen LogP contribution is 2.10. The van der Waals surface area contributed by atoms with Crippen LogP contribution in [0.2, 0.25) is 0 Å². The number of anilines is 1. The SMILES string of the molecule is NC(=O)n1ncc(CC(=O)O)c1N. The van der Waals surface area contributed by atoms with Gasteiger partial charge in [0.05, 0.1) is 12.6 Å². The summed E-state index contributed by atoms with van der Waals surface area (Å²) in [5.41, 5.74) is 10.6. The predicted molar refractivity (Wildman–Crippen MR) is 43.0 cm³/mol. The molecule has 1 rings (SSSR count). The Morgan fingerprint density at radius 2 is 2.23 bits per heavy atom. The van der Waals surface area contributed by atoms with Crippen LogP contribution < -0.4 is 11.5 Å². The fraction of sp³-hybridized carbons (Fsp3) is 0.167. The highest BCUT2D eigenvalue weighted by molar-refractivity contribution is 5.79. The standard InChI is InChI=1S/C6H8N4O3/c7-5-3(1-4(11)12)2-9-10(5)6(8)13/h2H,1,7H2,(H2,8,13)(H,11,12). The number of rotatable bonds is 2. The van der Waals surface area contributed by atoms with E-state index in [0.717, 1.165) is 4.68 Å². The highest BCUT2D eigenvalue weighted by Gasteiger charge is 2.12. The number of hydrogen-bond acceptors (Lipinski definition) is 4. The molecular formula is C6H8N4O3. The average Bonchev–Trinajstić information content (AvgIpc) is 2.32. The van der Waals surface area contributed by atoms with E-state index in [4.69, 9.17) is 16.6 Å². The molecule has 13 heavy (non-hydrogen) atoms. The lowest BCUT2D eigenvalue weighted by Crippen LogP contribution is -2.22. The lowest BCUT2D eigenvalue weighted by molar-refractivity contribution is -0.136. The summed E-state index contributed by atoms with van der Waals surface area (Å²) in [6.07, 6.45) is 0.924. The van der Waals surface area contributed by atoms with Crippen molar-refractivity contribution in [3.8, 4) is 0 Å². The van der Waals surface area contributed by atoms with Crippen LogP contribution in [0.4, 0.5) is 10.6 Å². The fourth-order valence-corrected chi connectivity index (χ4v) is 0.867. The molecule has 1 amide bonds. The van der Waals surface area contributed by atoms with Crippen LogP contribution in [0.1, 0.15) is 5.56 Å². The first-order valence-electron chi connectivity index (χ1n) is 3.36. The summed E-state index contributed by atoms with van der Waals surface area (Å²) in [4.78, 5) is 20.9. The minimum Gasteiger partial charge on any atom is -0.481 e. The number of carboxylic acid groups (broad SMARTS) is 1. The number of hydrogen-bond donors (Lipinski definition) is 3. The maximum atomic E-state index is 10.6. The van der Waals surface area contributed by atoms with E-state index >= 15 is 0 Å². The van der Waals surface area contributed by atoms with Crippen molar-refractivity contribution in [2.24, 2.45) is 5.73 Å². The molecule has 0 radical (unpaired) electrons. The van der Waals surface area contributed by atoms with Crippen LogP contribution in [-0.4, -0.2) is 26.9 Å². The van der Waals surface area contributed by atoms with Gasteiger partial charge in [-0.25, -0.2) is 4.79 Å². The lowest BCUT2D eigenvalue weighted by atomic mass is 10.2. The zero-order valence-electron chi connectivity index (χ0n) is 6.60. The van der Waals surface area contributed by atoms with Crippen LogP contribution >= 0.6 is 0 Å². The van der Waals surface area contributed by atoms with Gasteiger partial charge in [0.2, 0.25) is 0 Å². The molecule has 1 heterocycles. The lowest BCUT2D eigenvalue weighted by Gasteiger charge is -1.97. The molecule has 1 aromatic heterocycles. The van der Waals surface area contributed by atoms with Gasteiger partial charge in [0.1, 0.15) is 5.82 Å². The topological polar surface area (TPSA) is 124 Å². The predicted octanol–water partition coefficient (Wildman–Crippen LogP) is -0.981. The minimum absolute atomic E-state index is 0.0325. The second-order valence-corrected chi connectivity index (χ2v) is 2.38. The zero-order valence-corrected chi connectivity index (χ0v) is 6.60. The third kappa shape index (κ3) is 1.75. The van der Waals surface area contributed by atoms with Gasteiger partial charge >= 0.3 is 12.0 Å². The van der Waals surface area contributed by atoms with Crippen molar-refractivity contribution in [3.63, 3.8) is 0 Å². The number of nitrogens with zero attached hydrogens (tertiary/aromatic N) is 2. The van der Waals surface area contributed by atoms with E-state index in [-0.39, 0.29) is 17.8 Å². The fourth-order valence-electron chi connectivity index (χ4n) is 0.867. The first-order chi connectivity index (χ1) is 6.02. The largest absolute Gasteiger partial charge is 0.481 e. The highest BCUT2D eigenvalue weighted by atomic mass is 16.4. The number of primary amides is 1. The van der Waals surface area contributed by atoms with Crippen LogP contribution in [0.15, 0.2) is 6.20 Å². The Balaban J connectivity index is 2.99. The van der Waals surface area contributed by atoms with E-state index in [9.17, 15) is 9.59 Å². The number of nitrogen functional groups attached to an aromatic ring is 1. The van der Waals surface area contributed by atoms with Crippen molar-refractivity contribution in [1.29, 1.82) is 0 Å².